The van der Waals surface area contributed by atoms with Crippen LogP contribution in [0.2, 0.25) is 0 Å². The van der Waals surface area contributed by atoms with Gasteiger partial charge in [-0.25, -0.2) is 0 Å². The number of nitrogens with two attached hydrogens (primary N) is 1. The summed E-state index contributed by atoms with van der Waals surface area (Å²) >= 11 is 0. The lowest BCUT2D eigenvalue weighted by Gasteiger charge is -2.20. The molecule has 1 atom stereocenters. The quantitative estimate of drug-likeness (QED) is 0.918. The molecule has 0 spiro atoms. The summed E-state index contributed by atoms with van der Waals surface area (Å²) < 4.78 is 10.8. The molecule has 4 rings (SSSR count). The summed E-state index contributed by atoms with van der Waals surface area (Å²) in [6.07, 6.45) is 3.55. The molecule has 2 aliphatic heterocycles. The van der Waals surface area contributed by atoms with Crippen LogP contribution in [0.4, 0.5) is 0 Å². The Morgan fingerprint density at radius 3 is 3.17 bits per heavy atom. The smallest absolute Gasteiger partial charge is 0.246 e. The Hall–Kier alpha value is -2.41. The highest BCUT2D eigenvalue weighted by Gasteiger charge is 2.25. The predicted octanol–water partition coefficient (Wildman–Crippen LogP) is 1.51. The summed E-state index contributed by atoms with van der Waals surface area (Å²) in [6.45, 7) is 1.71. The number of ether oxygens (including phenoxy) is 1. The van der Waals surface area contributed by atoms with Crippen molar-refractivity contribution in [3.8, 4) is 17.1 Å². The number of likely N-dealkylation sites (tertiary alicyclic amines) is 1. The highest BCUT2D eigenvalue weighted by molar-refractivity contribution is 5.81. The van der Waals surface area contributed by atoms with E-state index in [9.17, 15) is 4.79 Å². The molecule has 126 valence electrons. The van der Waals surface area contributed by atoms with Gasteiger partial charge in [0.15, 0.2) is 0 Å². The highest BCUT2D eigenvalue weighted by atomic mass is 16.5. The first-order valence-electron chi connectivity index (χ1n) is 8.34. The van der Waals surface area contributed by atoms with Gasteiger partial charge in [0, 0.05) is 18.5 Å². The first-order chi connectivity index (χ1) is 11.7. The fourth-order valence-corrected chi connectivity index (χ4v) is 3.22. The highest BCUT2D eigenvalue weighted by Crippen LogP contribution is 2.29. The Morgan fingerprint density at radius 1 is 1.33 bits per heavy atom. The van der Waals surface area contributed by atoms with E-state index < -0.39 is 6.04 Å². The molecule has 1 amide bonds. The van der Waals surface area contributed by atoms with E-state index in [4.69, 9.17) is 15.0 Å². The van der Waals surface area contributed by atoms with Gasteiger partial charge in [0.05, 0.1) is 12.6 Å². The van der Waals surface area contributed by atoms with Crippen molar-refractivity contribution >= 4 is 5.91 Å². The van der Waals surface area contributed by atoms with Crippen LogP contribution in [0.25, 0.3) is 11.4 Å². The second kappa shape index (κ2) is 6.24. The molecule has 0 saturated carbocycles. The van der Waals surface area contributed by atoms with Crippen molar-refractivity contribution in [3.05, 3.63) is 29.7 Å². The van der Waals surface area contributed by atoms with Gasteiger partial charge in [-0.3, -0.25) is 4.79 Å². The largest absolute Gasteiger partial charge is 0.493 e. The fourth-order valence-electron chi connectivity index (χ4n) is 3.22. The molecule has 1 aromatic heterocycles. The van der Waals surface area contributed by atoms with E-state index in [1.165, 1.54) is 0 Å². The molecule has 7 nitrogen and oxygen atoms in total. The Balaban J connectivity index is 1.51. The first-order valence-corrected chi connectivity index (χ1v) is 8.34. The number of hydrogen-bond acceptors (Lipinski definition) is 6. The molecule has 0 radical (unpaired) electrons. The van der Waals surface area contributed by atoms with Crippen molar-refractivity contribution in [2.24, 2.45) is 5.73 Å². The second-order valence-electron chi connectivity index (χ2n) is 6.29. The van der Waals surface area contributed by atoms with Crippen LogP contribution >= 0.6 is 0 Å². The normalized spacial score (nSPS) is 20.6. The minimum atomic E-state index is -0.424. The van der Waals surface area contributed by atoms with Crippen LogP contribution in [-0.4, -0.2) is 40.1 Å². The number of nitrogens with zero attached hydrogens (tertiary/aromatic N) is 3. The van der Waals surface area contributed by atoms with Gasteiger partial charge in [-0.15, -0.1) is 0 Å². The van der Waals surface area contributed by atoms with Crippen molar-refractivity contribution in [1.82, 2.24) is 15.0 Å². The third-order valence-electron chi connectivity index (χ3n) is 4.56. The Labute approximate surface area is 139 Å². The molecule has 0 aliphatic carbocycles. The summed E-state index contributed by atoms with van der Waals surface area (Å²) in [4.78, 5) is 18.4. The number of fused-ring (bicyclic) bond motifs is 1. The number of benzene rings is 1. The Morgan fingerprint density at radius 2 is 2.25 bits per heavy atom. The van der Waals surface area contributed by atoms with E-state index >= 15 is 0 Å². The monoisotopic (exact) mass is 328 g/mol. The number of amides is 1. The SMILES string of the molecule is NC1CCCCN(Cc2nc(-c3ccc4c(c3)CCO4)no2)C1=O. The third kappa shape index (κ3) is 2.87. The van der Waals surface area contributed by atoms with E-state index in [-0.39, 0.29) is 5.91 Å². The van der Waals surface area contributed by atoms with E-state index in [0.717, 1.165) is 42.6 Å². The molecule has 1 unspecified atom stereocenters. The van der Waals surface area contributed by atoms with Gasteiger partial charge in [0.1, 0.15) is 12.3 Å². The van der Waals surface area contributed by atoms with Gasteiger partial charge in [-0.05, 0) is 43.0 Å². The van der Waals surface area contributed by atoms with Crippen molar-refractivity contribution in [2.45, 2.75) is 38.3 Å². The maximum atomic E-state index is 12.3. The van der Waals surface area contributed by atoms with Crippen LogP contribution in [0.1, 0.15) is 30.7 Å². The summed E-state index contributed by atoms with van der Waals surface area (Å²) in [7, 11) is 0. The molecule has 2 aromatic rings. The van der Waals surface area contributed by atoms with E-state index in [2.05, 4.69) is 10.1 Å². The average Bonchev–Trinajstić information content (AvgIpc) is 3.21. The van der Waals surface area contributed by atoms with Crippen molar-refractivity contribution < 1.29 is 14.1 Å². The van der Waals surface area contributed by atoms with Crippen LogP contribution in [0, 0.1) is 0 Å². The molecule has 1 fully saturated rings. The van der Waals surface area contributed by atoms with Crippen molar-refractivity contribution in [1.29, 1.82) is 0 Å². The minimum Gasteiger partial charge on any atom is -0.493 e. The lowest BCUT2D eigenvalue weighted by atomic mass is 10.1. The number of aromatic nitrogens is 2. The molecule has 0 bridgehead atoms. The minimum absolute atomic E-state index is 0.0399. The molecule has 1 aromatic carbocycles. The summed E-state index contributed by atoms with van der Waals surface area (Å²) in [5, 5.41) is 4.05. The van der Waals surface area contributed by atoms with Crippen LogP contribution in [-0.2, 0) is 17.8 Å². The third-order valence-corrected chi connectivity index (χ3v) is 4.56. The fraction of sp³-hybridized carbons (Fsp3) is 0.471. The van der Waals surface area contributed by atoms with Gasteiger partial charge in [-0.1, -0.05) is 5.16 Å². The van der Waals surface area contributed by atoms with Crippen LogP contribution < -0.4 is 10.5 Å². The molecule has 24 heavy (non-hydrogen) atoms. The van der Waals surface area contributed by atoms with Gasteiger partial charge < -0.3 is 19.9 Å². The number of hydrogen-bond donors (Lipinski definition) is 1. The van der Waals surface area contributed by atoms with E-state index in [1.54, 1.807) is 4.90 Å². The standard InChI is InChI=1S/C17H20N4O3/c18-13-3-1-2-7-21(17(13)22)10-15-19-16(20-24-15)12-4-5-14-11(9-12)6-8-23-14/h4-5,9,13H,1-3,6-8,10,18H2. The number of carbonyl (C=O) groups excluding carboxylic acids is 1. The predicted molar refractivity (Wildman–Crippen MR) is 86.2 cm³/mol. The topological polar surface area (TPSA) is 94.5 Å². The zero-order valence-electron chi connectivity index (χ0n) is 13.4. The molecule has 1 saturated heterocycles. The van der Waals surface area contributed by atoms with Crippen LogP contribution in [0.5, 0.6) is 5.75 Å². The van der Waals surface area contributed by atoms with Crippen molar-refractivity contribution in [3.63, 3.8) is 0 Å². The zero-order valence-corrected chi connectivity index (χ0v) is 13.4. The Kier molecular flexibility index (Phi) is 3.93. The van der Waals surface area contributed by atoms with Crippen molar-refractivity contribution in [2.75, 3.05) is 13.2 Å². The molecule has 2 aliphatic rings. The van der Waals surface area contributed by atoms with Gasteiger partial charge in [-0.2, -0.15) is 4.98 Å². The molecular formula is C17H20N4O3. The van der Waals surface area contributed by atoms with E-state index in [1.807, 2.05) is 18.2 Å². The molecule has 3 heterocycles. The summed E-state index contributed by atoms with van der Waals surface area (Å²) in [5.74, 6) is 1.85. The number of carbonyl (C=O) groups is 1. The van der Waals surface area contributed by atoms with Gasteiger partial charge >= 0.3 is 0 Å². The van der Waals surface area contributed by atoms with E-state index in [0.29, 0.717) is 31.4 Å². The summed E-state index contributed by atoms with van der Waals surface area (Å²) in [6, 6.07) is 5.47. The summed E-state index contributed by atoms with van der Waals surface area (Å²) in [5.41, 5.74) is 7.96. The molecule has 2 N–H and O–H groups in total. The molecular weight excluding hydrogens is 308 g/mol. The van der Waals surface area contributed by atoms with Gasteiger partial charge in [0.25, 0.3) is 0 Å². The lowest BCUT2D eigenvalue weighted by molar-refractivity contribution is -0.133. The average molecular weight is 328 g/mol. The maximum Gasteiger partial charge on any atom is 0.246 e. The molecule has 7 heteroatoms. The van der Waals surface area contributed by atoms with Crippen LogP contribution in [0.15, 0.2) is 22.7 Å². The lowest BCUT2D eigenvalue weighted by Crippen LogP contribution is -2.41. The first kappa shape index (κ1) is 15.1. The van der Waals surface area contributed by atoms with Gasteiger partial charge in [0.2, 0.25) is 17.6 Å². The zero-order chi connectivity index (χ0) is 16.5. The maximum absolute atomic E-state index is 12.3. The Bertz CT molecular complexity index is 758. The number of rotatable bonds is 3. The van der Waals surface area contributed by atoms with Crippen LogP contribution in [0.3, 0.4) is 0 Å². The second-order valence-corrected chi connectivity index (χ2v) is 6.29.